The molecule has 8 nitrogen and oxygen atoms in total. The highest BCUT2D eigenvalue weighted by Gasteiger charge is 2.29. The van der Waals surface area contributed by atoms with E-state index in [1.165, 1.54) is 0 Å². The van der Waals surface area contributed by atoms with Crippen LogP contribution in [-0.4, -0.2) is 41.6 Å². The summed E-state index contributed by atoms with van der Waals surface area (Å²) < 4.78 is 28.6. The highest BCUT2D eigenvalue weighted by molar-refractivity contribution is 7.91. The highest BCUT2D eigenvalue weighted by atomic mass is 32.2. The predicted octanol–water partition coefficient (Wildman–Crippen LogP) is -0.193. The summed E-state index contributed by atoms with van der Waals surface area (Å²) in [5, 5.41) is 6.32. The zero-order valence-electron chi connectivity index (χ0n) is 12.1. The van der Waals surface area contributed by atoms with E-state index in [2.05, 4.69) is 15.0 Å². The van der Waals surface area contributed by atoms with Crippen LogP contribution in [-0.2, 0) is 21.2 Å². The van der Waals surface area contributed by atoms with E-state index in [1.54, 1.807) is 24.3 Å². The maximum Gasteiger partial charge on any atom is 0.442 e. The molecule has 0 spiro atoms. The first-order valence-electron chi connectivity index (χ1n) is 7.06. The normalized spacial score (nSPS) is 19.6. The number of carbonyl (C=O) groups excluding carboxylic acids is 1. The van der Waals surface area contributed by atoms with Crippen molar-refractivity contribution < 1.29 is 17.7 Å². The Balaban J connectivity index is 1.75. The quantitative estimate of drug-likeness (QED) is 0.827. The van der Waals surface area contributed by atoms with Gasteiger partial charge in [0.05, 0.1) is 11.5 Å². The van der Waals surface area contributed by atoms with Crippen LogP contribution >= 0.6 is 0 Å². The molecule has 2 heterocycles. The molecule has 0 bridgehead atoms. The van der Waals surface area contributed by atoms with Gasteiger partial charge < -0.3 is 5.32 Å². The molecule has 1 aromatic carbocycles. The van der Waals surface area contributed by atoms with Crippen molar-refractivity contribution in [3.63, 3.8) is 0 Å². The first-order valence-corrected chi connectivity index (χ1v) is 8.88. The van der Waals surface area contributed by atoms with E-state index >= 15 is 0 Å². The Morgan fingerprint density at radius 1 is 1.35 bits per heavy atom. The van der Waals surface area contributed by atoms with Crippen molar-refractivity contribution in [1.29, 1.82) is 0 Å². The van der Waals surface area contributed by atoms with Gasteiger partial charge in [-0.1, -0.05) is 35.5 Å². The molecule has 1 fully saturated rings. The topological polar surface area (TPSA) is 111 Å². The second-order valence-electron chi connectivity index (χ2n) is 5.39. The third-order valence-electron chi connectivity index (χ3n) is 3.62. The fourth-order valence-electron chi connectivity index (χ4n) is 2.53. The standard InChI is InChI=1S/C14H15N3O5S/c18-12(15-11-6-7-23(20,21)9-11)8-17-13(16-22-14(17)19)10-4-2-1-3-5-10/h1-5,11H,6-9H2,(H,15,18)/t11-/m1/s1. The minimum absolute atomic E-state index is 0.0666. The lowest BCUT2D eigenvalue weighted by atomic mass is 10.2. The van der Waals surface area contributed by atoms with Gasteiger partial charge in [-0.15, -0.1) is 0 Å². The molecule has 1 aliphatic heterocycles. The molecule has 1 aliphatic rings. The summed E-state index contributed by atoms with van der Waals surface area (Å²) in [6.07, 6.45) is 0.387. The number of hydrogen-bond acceptors (Lipinski definition) is 6. The zero-order chi connectivity index (χ0) is 16.4. The largest absolute Gasteiger partial charge is 0.442 e. The van der Waals surface area contributed by atoms with E-state index in [9.17, 15) is 18.0 Å². The number of aromatic nitrogens is 2. The lowest BCUT2D eigenvalue weighted by molar-refractivity contribution is -0.122. The zero-order valence-corrected chi connectivity index (χ0v) is 13.0. The maximum absolute atomic E-state index is 12.1. The van der Waals surface area contributed by atoms with Crippen LogP contribution in [0.5, 0.6) is 0 Å². The van der Waals surface area contributed by atoms with Crippen LogP contribution in [0.1, 0.15) is 6.42 Å². The summed E-state index contributed by atoms with van der Waals surface area (Å²) >= 11 is 0. The van der Waals surface area contributed by atoms with Gasteiger partial charge in [-0.25, -0.2) is 17.8 Å². The molecule has 23 heavy (non-hydrogen) atoms. The summed E-state index contributed by atoms with van der Waals surface area (Å²) in [4.78, 5) is 23.8. The molecule has 0 unspecified atom stereocenters. The van der Waals surface area contributed by atoms with Gasteiger partial charge in [0.2, 0.25) is 5.91 Å². The lowest BCUT2D eigenvalue weighted by Crippen LogP contribution is -2.39. The summed E-state index contributed by atoms with van der Waals surface area (Å²) in [7, 11) is -3.08. The van der Waals surface area contributed by atoms with Crippen LogP contribution in [0, 0.1) is 0 Å². The van der Waals surface area contributed by atoms with Crippen LogP contribution < -0.4 is 11.1 Å². The number of nitrogens with zero attached hydrogens (tertiary/aromatic N) is 2. The molecule has 1 amide bonds. The Labute approximate surface area is 132 Å². The van der Waals surface area contributed by atoms with Gasteiger partial charge in [0, 0.05) is 11.6 Å². The molecule has 122 valence electrons. The first kappa shape index (κ1) is 15.5. The third-order valence-corrected chi connectivity index (χ3v) is 5.39. The molecule has 2 aromatic rings. The van der Waals surface area contributed by atoms with Gasteiger partial charge in [0.1, 0.15) is 6.54 Å². The number of benzene rings is 1. The van der Waals surface area contributed by atoms with Crippen molar-refractivity contribution in [2.24, 2.45) is 0 Å². The fourth-order valence-corrected chi connectivity index (χ4v) is 4.20. The summed E-state index contributed by atoms with van der Waals surface area (Å²) in [5.74, 6) is -0.930. The molecule has 9 heteroatoms. The number of nitrogens with one attached hydrogen (secondary N) is 1. The van der Waals surface area contributed by atoms with Crippen molar-refractivity contribution in [2.45, 2.75) is 19.0 Å². The van der Waals surface area contributed by atoms with E-state index < -0.39 is 27.5 Å². The minimum atomic E-state index is -3.08. The predicted molar refractivity (Wildman–Crippen MR) is 81.4 cm³/mol. The maximum atomic E-state index is 12.1. The van der Waals surface area contributed by atoms with Crippen LogP contribution in [0.4, 0.5) is 0 Å². The highest BCUT2D eigenvalue weighted by Crippen LogP contribution is 2.15. The summed E-state index contributed by atoms with van der Waals surface area (Å²) in [6, 6.07) is 8.46. The van der Waals surface area contributed by atoms with Crippen molar-refractivity contribution in [3.8, 4) is 11.4 Å². The van der Waals surface area contributed by atoms with Crippen molar-refractivity contribution in [3.05, 3.63) is 40.9 Å². The molecular weight excluding hydrogens is 322 g/mol. The third kappa shape index (κ3) is 3.50. The molecular formula is C14H15N3O5S. The van der Waals surface area contributed by atoms with Crippen LogP contribution in [0.3, 0.4) is 0 Å². The Kier molecular flexibility index (Phi) is 4.03. The van der Waals surface area contributed by atoms with Crippen LogP contribution in [0.25, 0.3) is 11.4 Å². The molecule has 1 saturated heterocycles. The van der Waals surface area contributed by atoms with E-state index in [-0.39, 0.29) is 23.9 Å². The van der Waals surface area contributed by atoms with Crippen LogP contribution in [0.2, 0.25) is 0 Å². The van der Waals surface area contributed by atoms with Crippen LogP contribution in [0.15, 0.2) is 39.6 Å². The second-order valence-corrected chi connectivity index (χ2v) is 7.62. The van der Waals surface area contributed by atoms with Gasteiger partial charge in [0.25, 0.3) is 0 Å². The number of hydrogen-bond donors (Lipinski definition) is 1. The van der Waals surface area contributed by atoms with Gasteiger partial charge in [-0.3, -0.25) is 9.32 Å². The summed E-state index contributed by atoms with van der Waals surface area (Å²) in [5.41, 5.74) is 0.648. The Morgan fingerprint density at radius 3 is 2.74 bits per heavy atom. The molecule has 1 atom stereocenters. The minimum Gasteiger partial charge on any atom is -0.351 e. The van der Waals surface area contributed by atoms with Gasteiger partial charge >= 0.3 is 5.76 Å². The smallest absolute Gasteiger partial charge is 0.351 e. The molecule has 0 saturated carbocycles. The molecule has 1 N–H and O–H groups in total. The molecule has 3 rings (SSSR count). The van der Waals surface area contributed by atoms with Crippen molar-refractivity contribution in [2.75, 3.05) is 11.5 Å². The Morgan fingerprint density at radius 2 is 2.09 bits per heavy atom. The summed E-state index contributed by atoms with van der Waals surface area (Å²) in [6.45, 7) is -0.275. The number of sulfone groups is 1. The average Bonchev–Trinajstić information content (AvgIpc) is 3.03. The van der Waals surface area contributed by atoms with Gasteiger partial charge in [0.15, 0.2) is 15.7 Å². The molecule has 0 aliphatic carbocycles. The monoisotopic (exact) mass is 337 g/mol. The Bertz CT molecular complexity index is 869. The van der Waals surface area contributed by atoms with Crippen molar-refractivity contribution in [1.82, 2.24) is 15.0 Å². The fraction of sp³-hybridized carbons (Fsp3) is 0.357. The van der Waals surface area contributed by atoms with E-state index in [0.29, 0.717) is 12.0 Å². The van der Waals surface area contributed by atoms with E-state index in [1.807, 2.05) is 6.07 Å². The lowest BCUT2D eigenvalue weighted by Gasteiger charge is -2.11. The van der Waals surface area contributed by atoms with E-state index in [0.717, 1.165) is 4.57 Å². The molecule has 0 radical (unpaired) electrons. The van der Waals surface area contributed by atoms with Gasteiger partial charge in [-0.05, 0) is 6.42 Å². The van der Waals surface area contributed by atoms with E-state index in [4.69, 9.17) is 0 Å². The average molecular weight is 337 g/mol. The van der Waals surface area contributed by atoms with Crippen molar-refractivity contribution >= 4 is 15.7 Å². The first-order chi connectivity index (χ1) is 10.9. The number of amides is 1. The SMILES string of the molecule is O=C(Cn1c(-c2ccccc2)noc1=O)N[C@@H]1CCS(=O)(=O)C1. The molecule has 1 aromatic heterocycles. The second kappa shape index (κ2) is 5.99. The number of carbonyl (C=O) groups is 1. The Hall–Kier alpha value is -2.42. The van der Waals surface area contributed by atoms with Gasteiger partial charge in [-0.2, -0.15) is 0 Å². The number of rotatable bonds is 4.